The molecule has 226 valence electrons. The van der Waals surface area contributed by atoms with Crippen molar-refractivity contribution in [2.24, 2.45) is 17.4 Å². The van der Waals surface area contributed by atoms with Gasteiger partial charge >= 0.3 is 11.9 Å². The quantitative estimate of drug-likeness (QED) is 0.116. The number of aromatic nitrogens is 1. The van der Waals surface area contributed by atoms with Crippen molar-refractivity contribution >= 4 is 40.6 Å². The van der Waals surface area contributed by atoms with E-state index in [0.717, 1.165) is 16.5 Å². The molecule has 13 nitrogen and oxygen atoms in total. The SMILES string of the molecule is CC(C)CC(NC(=O)C(CCCCN)NC(=O)C(N)CCC(=O)O)C(=O)NC(Cc1c[nH]c2ccccc12)C(=O)O. The minimum absolute atomic E-state index is 0.0272. The van der Waals surface area contributed by atoms with E-state index in [1.54, 1.807) is 6.20 Å². The highest BCUT2D eigenvalue weighted by Crippen LogP contribution is 2.19. The molecule has 0 spiro atoms. The van der Waals surface area contributed by atoms with Gasteiger partial charge in [0.15, 0.2) is 0 Å². The smallest absolute Gasteiger partial charge is 0.326 e. The number of para-hydroxylation sites is 1. The minimum Gasteiger partial charge on any atom is -0.481 e. The van der Waals surface area contributed by atoms with Gasteiger partial charge in [-0.25, -0.2) is 4.79 Å². The van der Waals surface area contributed by atoms with Crippen molar-refractivity contribution < 1.29 is 34.2 Å². The Hall–Kier alpha value is -3.97. The summed E-state index contributed by atoms with van der Waals surface area (Å²) in [6, 6.07) is 2.92. The summed E-state index contributed by atoms with van der Waals surface area (Å²) in [5.74, 6) is -4.33. The number of hydrogen-bond donors (Lipinski definition) is 8. The molecule has 0 saturated heterocycles. The normalized spacial score (nSPS) is 14.2. The maximum Gasteiger partial charge on any atom is 0.326 e. The van der Waals surface area contributed by atoms with Gasteiger partial charge in [-0.1, -0.05) is 32.0 Å². The molecule has 0 fully saturated rings. The van der Waals surface area contributed by atoms with Gasteiger partial charge in [0.05, 0.1) is 6.04 Å². The predicted molar refractivity (Wildman–Crippen MR) is 153 cm³/mol. The number of rotatable bonds is 18. The lowest BCUT2D eigenvalue weighted by Crippen LogP contribution is -2.57. The van der Waals surface area contributed by atoms with Crippen molar-refractivity contribution in [3.05, 3.63) is 36.0 Å². The summed E-state index contributed by atoms with van der Waals surface area (Å²) in [4.78, 5) is 65.2. The Morgan fingerprint density at radius 2 is 1.51 bits per heavy atom. The van der Waals surface area contributed by atoms with Crippen LogP contribution in [0.3, 0.4) is 0 Å². The molecule has 4 unspecified atom stereocenters. The Labute approximate surface area is 238 Å². The largest absolute Gasteiger partial charge is 0.481 e. The molecule has 2 rings (SSSR count). The first-order valence-corrected chi connectivity index (χ1v) is 13.8. The second kappa shape index (κ2) is 16.3. The Balaban J connectivity index is 2.16. The summed E-state index contributed by atoms with van der Waals surface area (Å²) in [5, 5.41) is 27.4. The second-order valence-electron chi connectivity index (χ2n) is 10.5. The first-order valence-electron chi connectivity index (χ1n) is 13.8. The Morgan fingerprint density at radius 3 is 2.15 bits per heavy atom. The maximum atomic E-state index is 13.3. The number of benzene rings is 1. The van der Waals surface area contributed by atoms with E-state index in [0.29, 0.717) is 19.4 Å². The lowest BCUT2D eigenvalue weighted by atomic mass is 10.00. The molecule has 10 N–H and O–H groups in total. The topological polar surface area (TPSA) is 230 Å². The number of amides is 3. The number of H-pyrrole nitrogens is 1. The summed E-state index contributed by atoms with van der Waals surface area (Å²) in [7, 11) is 0. The Kier molecular flexibility index (Phi) is 13.2. The van der Waals surface area contributed by atoms with Crippen molar-refractivity contribution in [1.82, 2.24) is 20.9 Å². The first-order chi connectivity index (χ1) is 19.4. The molecule has 41 heavy (non-hydrogen) atoms. The fourth-order valence-electron chi connectivity index (χ4n) is 4.42. The van der Waals surface area contributed by atoms with Gasteiger partial charge in [-0.3, -0.25) is 19.2 Å². The molecule has 1 aromatic heterocycles. The zero-order chi connectivity index (χ0) is 30.5. The Bertz CT molecular complexity index is 1200. The molecule has 4 atom stereocenters. The predicted octanol–water partition coefficient (Wildman–Crippen LogP) is 0.617. The van der Waals surface area contributed by atoms with Crippen LogP contribution in [0, 0.1) is 5.92 Å². The fraction of sp³-hybridized carbons (Fsp3) is 0.536. The number of carbonyl (C=O) groups is 5. The van der Waals surface area contributed by atoms with Gasteiger partial charge in [0, 0.05) is 29.9 Å². The van der Waals surface area contributed by atoms with Gasteiger partial charge in [-0.15, -0.1) is 0 Å². The van der Waals surface area contributed by atoms with E-state index in [9.17, 15) is 29.1 Å². The van der Waals surface area contributed by atoms with Crippen LogP contribution in [0.25, 0.3) is 10.9 Å². The molecule has 0 bridgehead atoms. The number of carbonyl (C=O) groups excluding carboxylic acids is 3. The monoisotopic (exact) mass is 574 g/mol. The van der Waals surface area contributed by atoms with Crippen LogP contribution in [0.4, 0.5) is 0 Å². The molecule has 3 amide bonds. The van der Waals surface area contributed by atoms with E-state index in [1.807, 2.05) is 38.1 Å². The summed E-state index contributed by atoms with van der Waals surface area (Å²) in [6.45, 7) is 4.09. The van der Waals surface area contributed by atoms with Gasteiger partial charge in [0.1, 0.15) is 18.1 Å². The summed E-state index contributed by atoms with van der Waals surface area (Å²) in [5.41, 5.74) is 12.9. The van der Waals surface area contributed by atoms with Gasteiger partial charge < -0.3 is 42.6 Å². The van der Waals surface area contributed by atoms with Crippen molar-refractivity contribution in [3.63, 3.8) is 0 Å². The molecule has 0 aliphatic heterocycles. The van der Waals surface area contributed by atoms with E-state index in [4.69, 9.17) is 16.6 Å². The van der Waals surface area contributed by atoms with Crippen LogP contribution in [-0.4, -0.2) is 75.6 Å². The van der Waals surface area contributed by atoms with E-state index in [2.05, 4.69) is 20.9 Å². The van der Waals surface area contributed by atoms with Crippen molar-refractivity contribution in [1.29, 1.82) is 0 Å². The highest BCUT2D eigenvalue weighted by Gasteiger charge is 2.31. The third kappa shape index (κ3) is 10.8. The van der Waals surface area contributed by atoms with Crippen LogP contribution in [0.2, 0.25) is 0 Å². The maximum absolute atomic E-state index is 13.3. The van der Waals surface area contributed by atoms with Crippen LogP contribution < -0.4 is 27.4 Å². The fourth-order valence-corrected chi connectivity index (χ4v) is 4.42. The van der Waals surface area contributed by atoms with E-state index in [1.165, 1.54) is 0 Å². The third-order valence-electron chi connectivity index (χ3n) is 6.64. The second-order valence-corrected chi connectivity index (χ2v) is 10.5. The third-order valence-corrected chi connectivity index (χ3v) is 6.64. The number of fused-ring (bicyclic) bond motifs is 1. The number of unbranched alkanes of at least 4 members (excludes halogenated alkanes) is 1. The molecule has 0 aliphatic carbocycles. The highest BCUT2D eigenvalue weighted by atomic mass is 16.4. The highest BCUT2D eigenvalue weighted by molar-refractivity contribution is 5.94. The average Bonchev–Trinajstić information content (AvgIpc) is 3.32. The summed E-state index contributed by atoms with van der Waals surface area (Å²) in [6.07, 6.45) is 2.85. The first kappa shape index (κ1) is 33.2. The Morgan fingerprint density at radius 1 is 0.878 bits per heavy atom. The van der Waals surface area contributed by atoms with Crippen molar-refractivity contribution in [2.75, 3.05) is 6.54 Å². The average molecular weight is 575 g/mol. The van der Waals surface area contributed by atoms with E-state index in [-0.39, 0.29) is 38.0 Å². The summed E-state index contributed by atoms with van der Waals surface area (Å²) < 4.78 is 0. The molecule has 1 heterocycles. The zero-order valence-electron chi connectivity index (χ0n) is 23.5. The number of aliphatic carboxylic acids is 2. The van der Waals surface area contributed by atoms with Gasteiger partial charge in [-0.2, -0.15) is 0 Å². The standard InChI is InChI=1S/C28H42N6O7/c1-16(2)13-22(27(39)34-23(28(40)41)14-17-15-31-20-8-4-3-7-18(17)20)33-26(38)21(9-5-6-12-29)32-25(37)19(30)10-11-24(35)36/h3-4,7-8,15-16,19,21-23,31H,5-6,9-14,29-30H2,1-2H3,(H,32,37)(H,33,38)(H,34,39)(H,35,36)(H,40,41). The molecule has 0 aliphatic rings. The molecule has 1 aromatic carbocycles. The van der Waals surface area contributed by atoms with Crippen LogP contribution in [0.5, 0.6) is 0 Å². The zero-order valence-corrected chi connectivity index (χ0v) is 23.5. The molecule has 0 radical (unpaired) electrons. The van der Waals surface area contributed by atoms with E-state index >= 15 is 0 Å². The van der Waals surface area contributed by atoms with E-state index < -0.39 is 53.8 Å². The van der Waals surface area contributed by atoms with Gasteiger partial charge in [0.2, 0.25) is 17.7 Å². The number of aromatic amines is 1. The number of nitrogens with one attached hydrogen (secondary N) is 4. The number of hydrogen-bond acceptors (Lipinski definition) is 7. The molecular weight excluding hydrogens is 532 g/mol. The lowest BCUT2D eigenvalue weighted by Gasteiger charge is -2.26. The summed E-state index contributed by atoms with van der Waals surface area (Å²) >= 11 is 0. The van der Waals surface area contributed by atoms with Crippen LogP contribution in [0.1, 0.15) is 57.9 Å². The minimum atomic E-state index is -1.25. The van der Waals surface area contributed by atoms with Crippen LogP contribution in [0.15, 0.2) is 30.5 Å². The molecule has 2 aromatic rings. The lowest BCUT2D eigenvalue weighted by molar-refractivity contribution is -0.142. The molecule has 0 saturated carbocycles. The molecule has 13 heteroatoms. The van der Waals surface area contributed by atoms with Gasteiger partial charge in [0.25, 0.3) is 0 Å². The van der Waals surface area contributed by atoms with Crippen LogP contribution >= 0.6 is 0 Å². The van der Waals surface area contributed by atoms with Crippen molar-refractivity contribution in [3.8, 4) is 0 Å². The van der Waals surface area contributed by atoms with Crippen LogP contribution in [-0.2, 0) is 30.4 Å². The number of carboxylic acids is 2. The number of carboxylic acid groups (broad SMARTS) is 2. The van der Waals surface area contributed by atoms with Crippen molar-refractivity contribution in [2.45, 2.75) is 83.0 Å². The van der Waals surface area contributed by atoms with Gasteiger partial charge in [-0.05, 0) is 56.2 Å². The molecular formula is C28H42N6O7. The number of nitrogens with two attached hydrogens (primary N) is 2.